The number of carbonyl (C=O) groups is 1. The number of carbonyl (C=O) groups excluding carboxylic acids is 1. The minimum absolute atomic E-state index is 0.0477. The summed E-state index contributed by atoms with van der Waals surface area (Å²) < 4.78 is 2.90. The maximum atomic E-state index is 13.0. The van der Waals surface area contributed by atoms with Gasteiger partial charge in [0.05, 0.1) is 12.1 Å². The van der Waals surface area contributed by atoms with E-state index >= 15 is 0 Å². The predicted molar refractivity (Wildman–Crippen MR) is 109 cm³/mol. The van der Waals surface area contributed by atoms with Crippen LogP contribution in [0.25, 0.3) is 10.2 Å². The summed E-state index contributed by atoms with van der Waals surface area (Å²) in [5.41, 5.74) is -0.192. The summed E-state index contributed by atoms with van der Waals surface area (Å²) in [5, 5.41) is 5.06. The van der Waals surface area contributed by atoms with Crippen LogP contribution in [0.5, 0.6) is 0 Å². The van der Waals surface area contributed by atoms with Crippen LogP contribution in [0.4, 0.5) is 0 Å². The van der Waals surface area contributed by atoms with E-state index in [2.05, 4.69) is 5.32 Å². The average Bonchev–Trinajstić information content (AvgIpc) is 3.05. The Morgan fingerprint density at radius 3 is 2.52 bits per heavy atom. The molecule has 1 aromatic carbocycles. The first kappa shape index (κ1) is 19.4. The Balaban J connectivity index is 2.10. The maximum absolute atomic E-state index is 13.0. The summed E-state index contributed by atoms with van der Waals surface area (Å²) in [4.78, 5) is 38.2. The Labute approximate surface area is 165 Å². The lowest BCUT2D eigenvalue weighted by atomic mass is 10.1. The Morgan fingerprint density at radius 2 is 1.85 bits per heavy atom. The minimum Gasteiger partial charge on any atom is -0.350 e. The number of rotatable bonds is 4. The SMILES string of the molecule is CC(C)(C)NC(=O)Cn1c(=O)n(Cc2ccccc2Cl)c(=O)c2sccc21. The summed E-state index contributed by atoms with van der Waals surface area (Å²) in [6.45, 7) is 5.49. The minimum atomic E-state index is -0.533. The molecule has 0 bridgehead atoms. The molecule has 8 heteroatoms. The van der Waals surface area contributed by atoms with Crippen molar-refractivity contribution in [1.29, 1.82) is 0 Å². The molecule has 142 valence electrons. The standard InChI is InChI=1S/C19H20ClN3O3S/c1-19(2,3)21-15(24)11-22-14-8-9-27-16(14)17(25)23(18(22)26)10-12-6-4-5-7-13(12)20/h4-9H,10-11H2,1-3H3,(H,21,24). The third-order valence-electron chi connectivity index (χ3n) is 3.94. The molecular formula is C19H20ClN3O3S. The number of hydrogen-bond donors (Lipinski definition) is 1. The van der Waals surface area contributed by atoms with E-state index in [0.717, 1.165) is 4.57 Å². The first-order chi connectivity index (χ1) is 12.7. The zero-order chi connectivity index (χ0) is 19.8. The van der Waals surface area contributed by atoms with E-state index in [-0.39, 0.29) is 24.6 Å². The Hall–Kier alpha value is -2.38. The van der Waals surface area contributed by atoms with Gasteiger partial charge in [-0.05, 0) is 43.8 Å². The van der Waals surface area contributed by atoms with Crippen molar-refractivity contribution in [1.82, 2.24) is 14.5 Å². The van der Waals surface area contributed by atoms with Gasteiger partial charge in [-0.15, -0.1) is 11.3 Å². The lowest BCUT2D eigenvalue weighted by Gasteiger charge is -2.21. The molecule has 0 atom stereocenters. The van der Waals surface area contributed by atoms with Crippen LogP contribution in [-0.4, -0.2) is 20.6 Å². The highest BCUT2D eigenvalue weighted by Gasteiger charge is 2.19. The highest BCUT2D eigenvalue weighted by Crippen LogP contribution is 2.18. The van der Waals surface area contributed by atoms with Gasteiger partial charge in [0.25, 0.3) is 5.56 Å². The quantitative estimate of drug-likeness (QED) is 0.725. The van der Waals surface area contributed by atoms with Crippen molar-refractivity contribution in [2.45, 2.75) is 39.4 Å². The van der Waals surface area contributed by atoms with E-state index in [4.69, 9.17) is 11.6 Å². The smallest absolute Gasteiger partial charge is 0.332 e. The molecule has 0 saturated carbocycles. The molecule has 0 aliphatic rings. The van der Waals surface area contributed by atoms with Crippen molar-refractivity contribution in [3.05, 3.63) is 67.1 Å². The summed E-state index contributed by atoms with van der Waals surface area (Å²) in [6.07, 6.45) is 0. The van der Waals surface area contributed by atoms with Gasteiger partial charge in [-0.1, -0.05) is 29.8 Å². The van der Waals surface area contributed by atoms with Crippen LogP contribution >= 0.6 is 22.9 Å². The van der Waals surface area contributed by atoms with Crippen molar-refractivity contribution >= 4 is 39.1 Å². The molecule has 3 aromatic rings. The van der Waals surface area contributed by atoms with Crippen molar-refractivity contribution in [3.8, 4) is 0 Å². The number of aromatic nitrogens is 2. The zero-order valence-corrected chi connectivity index (χ0v) is 16.9. The average molecular weight is 406 g/mol. The fourth-order valence-electron chi connectivity index (χ4n) is 2.82. The fraction of sp³-hybridized carbons (Fsp3) is 0.316. The summed E-state index contributed by atoms with van der Waals surface area (Å²) in [7, 11) is 0. The van der Waals surface area contributed by atoms with Crippen LogP contribution in [0.3, 0.4) is 0 Å². The number of fused-ring (bicyclic) bond motifs is 1. The summed E-state index contributed by atoms with van der Waals surface area (Å²) in [5.74, 6) is -0.292. The lowest BCUT2D eigenvalue weighted by molar-refractivity contribution is -0.123. The van der Waals surface area contributed by atoms with Crippen LogP contribution in [0, 0.1) is 0 Å². The van der Waals surface area contributed by atoms with Gasteiger partial charge < -0.3 is 5.32 Å². The van der Waals surface area contributed by atoms with E-state index in [0.29, 0.717) is 20.8 Å². The molecule has 27 heavy (non-hydrogen) atoms. The van der Waals surface area contributed by atoms with Crippen LogP contribution < -0.4 is 16.6 Å². The number of hydrogen-bond acceptors (Lipinski definition) is 4. The number of thiophene rings is 1. The van der Waals surface area contributed by atoms with Gasteiger partial charge in [0, 0.05) is 10.6 Å². The van der Waals surface area contributed by atoms with Crippen molar-refractivity contribution < 1.29 is 4.79 Å². The van der Waals surface area contributed by atoms with Gasteiger partial charge in [-0.25, -0.2) is 4.79 Å². The molecule has 0 saturated heterocycles. The van der Waals surface area contributed by atoms with Gasteiger partial charge in [0.1, 0.15) is 11.2 Å². The molecule has 0 unspecified atom stereocenters. The number of benzene rings is 1. The third-order valence-corrected chi connectivity index (χ3v) is 5.20. The van der Waals surface area contributed by atoms with Gasteiger partial charge in [-0.3, -0.25) is 18.7 Å². The molecule has 0 aliphatic heterocycles. The van der Waals surface area contributed by atoms with Crippen LogP contribution in [-0.2, 0) is 17.9 Å². The van der Waals surface area contributed by atoms with Crippen molar-refractivity contribution in [3.63, 3.8) is 0 Å². The molecule has 6 nitrogen and oxygen atoms in total. The Kier molecular flexibility index (Phi) is 5.26. The number of amides is 1. The number of halogens is 1. The second-order valence-corrected chi connectivity index (χ2v) is 8.61. The molecule has 2 heterocycles. The third kappa shape index (κ3) is 4.14. The van der Waals surface area contributed by atoms with Gasteiger partial charge >= 0.3 is 5.69 Å². The van der Waals surface area contributed by atoms with Crippen LogP contribution in [0.2, 0.25) is 5.02 Å². The molecule has 0 spiro atoms. The first-order valence-electron chi connectivity index (χ1n) is 8.42. The molecular weight excluding hydrogens is 386 g/mol. The summed E-state index contributed by atoms with van der Waals surface area (Å²) in [6, 6.07) is 8.74. The molecule has 1 amide bonds. The largest absolute Gasteiger partial charge is 0.350 e. The lowest BCUT2D eigenvalue weighted by Crippen LogP contribution is -2.46. The molecule has 0 radical (unpaired) electrons. The van der Waals surface area contributed by atoms with E-state index in [1.165, 1.54) is 15.9 Å². The highest BCUT2D eigenvalue weighted by molar-refractivity contribution is 7.17. The Morgan fingerprint density at radius 1 is 1.15 bits per heavy atom. The first-order valence-corrected chi connectivity index (χ1v) is 9.68. The zero-order valence-electron chi connectivity index (χ0n) is 15.3. The molecule has 0 fully saturated rings. The maximum Gasteiger partial charge on any atom is 0.332 e. The van der Waals surface area contributed by atoms with E-state index in [1.807, 2.05) is 20.8 Å². The Bertz CT molecular complexity index is 1120. The molecule has 3 rings (SSSR count). The van der Waals surface area contributed by atoms with Crippen LogP contribution in [0.15, 0.2) is 45.3 Å². The highest BCUT2D eigenvalue weighted by atomic mass is 35.5. The topological polar surface area (TPSA) is 73.1 Å². The van der Waals surface area contributed by atoms with Crippen molar-refractivity contribution in [2.75, 3.05) is 0 Å². The van der Waals surface area contributed by atoms with E-state index < -0.39 is 11.2 Å². The molecule has 2 aromatic heterocycles. The van der Waals surface area contributed by atoms with E-state index in [9.17, 15) is 14.4 Å². The van der Waals surface area contributed by atoms with Gasteiger partial charge in [0.15, 0.2) is 0 Å². The predicted octanol–water partition coefficient (Wildman–Crippen LogP) is 2.84. The number of nitrogens with one attached hydrogen (secondary N) is 1. The monoisotopic (exact) mass is 405 g/mol. The van der Waals surface area contributed by atoms with Crippen LogP contribution in [0.1, 0.15) is 26.3 Å². The second kappa shape index (κ2) is 7.32. The molecule has 1 N–H and O–H groups in total. The van der Waals surface area contributed by atoms with Crippen molar-refractivity contribution in [2.24, 2.45) is 0 Å². The molecule has 0 aliphatic carbocycles. The fourth-order valence-corrected chi connectivity index (χ4v) is 3.86. The summed E-state index contributed by atoms with van der Waals surface area (Å²) >= 11 is 7.44. The number of nitrogens with zero attached hydrogens (tertiary/aromatic N) is 2. The van der Waals surface area contributed by atoms with E-state index in [1.54, 1.807) is 35.7 Å². The van der Waals surface area contributed by atoms with Gasteiger partial charge in [0.2, 0.25) is 5.91 Å². The normalized spacial score (nSPS) is 11.7. The van der Waals surface area contributed by atoms with Gasteiger partial charge in [-0.2, -0.15) is 0 Å². The second-order valence-electron chi connectivity index (χ2n) is 7.28.